The Morgan fingerprint density at radius 3 is 0.837 bits per heavy atom. The molecule has 9 heteroatoms. The maximum Gasteiger partial charge on any atom is 0.0548 e. The number of hydrogen-bond acceptors (Lipinski definition) is 3. The number of nitrogens with zero attached hydrogens (tertiary/aromatic N) is 6. The molecule has 0 radical (unpaired) electrons. The van der Waals surface area contributed by atoms with Crippen molar-refractivity contribution >= 4 is 225 Å². The summed E-state index contributed by atoms with van der Waals surface area (Å²) in [5, 5.41) is 23.4. The highest BCUT2D eigenvalue weighted by Gasteiger charge is 2.27. The van der Waals surface area contributed by atoms with Crippen LogP contribution in [0.25, 0.3) is 259 Å². The van der Waals surface area contributed by atoms with Gasteiger partial charge in [0.15, 0.2) is 0 Å². The minimum absolute atomic E-state index is 1.17. The minimum Gasteiger partial charge on any atom is -0.309 e. The van der Waals surface area contributed by atoms with Gasteiger partial charge in [0.1, 0.15) is 0 Å². The van der Waals surface area contributed by atoms with Gasteiger partial charge in [-0.2, -0.15) is 0 Å². The molecule has 9 heterocycles. The lowest BCUT2D eigenvalue weighted by atomic mass is 9.99. The molecule has 0 amide bonds. The van der Waals surface area contributed by atoms with Crippen LogP contribution in [0, 0.1) is 0 Å². The molecule has 0 atom stereocenters. The second-order valence-corrected chi connectivity index (χ2v) is 38.4. The van der Waals surface area contributed by atoms with Gasteiger partial charge in [0.05, 0.1) is 66.2 Å². The van der Waals surface area contributed by atoms with Crippen molar-refractivity contribution in [3.8, 4) is 67.5 Å². The normalized spacial score (nSPS) is 12.0. The second kappa shape index (κ2) is 30.9. The Morgan fingerprint density at radius 2 is 0.407 bits per heavy atom. The lowest BCUT2D eigenvalue weighted by molar-refractivity contribution is 1.17. The highest BCUT2D eigenvalue weighted by Crippen LogP contribution is 2.50. The van der Waals surface area contributed by atoms with E-state index in [1.165, 1.54) is 259 Å². The SMILES string of the molecule is c1ccc(-n2c3ccccc3c3c4c5ccccc5n(-c5ccc(-c6ccc7c(c6)sc6ccccc67)cc5)c4ccc32)cc1.c1ccc(-n2c3ccccc3c3c4c5ccccc5n(-c5ccc(-c6cccc7sc8ccccc8c67)cc5)c4ccc32)cc1.c1ccc(-n2c3ccccc3c3c4c5ccccc5n(-c5cccc(-c6cccc7c6sc6ccccc67)c5)c4ccc32)cc1. The zero-order valence-electron chi connectivity index (χ0n) is 72.9. The van der Waals surface area contributed by atoms with Crippen LogP contribution in [-0.2, 0) is 0 Å². The monoisotopic (exact) mass is 1770 g/mol. The van der Waals surface area contributed by atoms with Gasteiger partial charge in [0.25, 0.3) is 0 Å². The number of thiophene rings is 3. The molecule has 0 bridgehead atoms. The Hall–Kier alpha value is -16.9. The van der Waals surface area contributed by atoms with Crippen molar-refractivity contribution < 1.29 is 0 Å². The maximum absolute atomic E-state index is 2.45. The van der Waals surface area contributed by atoms with Crippen LogP contribution in [0.3, 0.4) is 0 Å². The van der Waals surface area contributed by atoms with Crippen molar-refractivity contribution in [2.75, 3.05) is 0 Å². The first kappa shape index (κ1) is 76.9. The molecule has 0 spiro atoms. The lowest BCUT2D eigenvalue weighted by Gasteiger charge is -2.11. The predicted molar refractivity (Wildman–Crippen MR) is 580 cm³/mol. The smallest absolute Gasteiger partial charge is 0.0548 e. The summed E-state index contributed by atoms with van der Waals surface area (Å²) in [6.45, 7) is 0. The first-order chi connectivity index (χ1) is 67.0. The average molecular weight is 1770 g/mol. The fraction of sp³-hybridized carbons (Fsp3) is 0. The van der Waals surface area contributed by atoms with Crippen LogP contribution in [0.4, 0.5) is 0 Å². The predicted octanol–water partition coefficient (Wildman–Crippen LogP) is 35.7. The lowest BCUT2D eigenvalue weighted by Crippen LogP contribution is -1.95. The van der Waals surface area contributed by atoms with Crippen molar-refractivity contribution in [2.45, 2.75) is 0 Å². The van der Waals surface area contributed by atoms with Crippen molar-refractivity contribution in [2.24, 2.45) is 0 Å². The summed E-state index contributed by atoms with van der Waals surface area (Å²) in [5.41, 5.74) is 29.2. The molecular weight excluding hydrogens is 1690 g/mol. The summed E-state index contributed by atoms with van der Waals surface area (Å²) in [4.78, 5) is 0. The van der Waals surface area contributed by atoms with Crippen LogP contribution in [0.2, 0.25) is 0 Å². The Morgan fingerprint density at radius 1 is 0.126 bits per heavy atom. The van der Waals surface area contributed by atoms with Crippen LogP contribution in [-0.4, -0.2) is 27.4 Å². The summed E-state index contributed by atoms with van der Waals surface area (Å²) in [6.07, 6.45) is 0. The van der Waals surface area contributed by atoms with Crippen molar-refractivity contribution in [1.82, 2.24) is 27.4 Å². The highest BCUT2D eigenvalue weighted by atomic mass is 32.1. The molecule has 0 aliphatic carbocycles. The zero-order valence-corrected chi connectivity index (χ0v) is 75.4. The van der Waals surface area contributed by atoms with Gasteiger partial charge < -0.3 is 27.4 Å². The number of benzene rings is 21. The van der Waals surface area contributed by atoms with Gasteiger partial charge in [-0.1, -0.05) is 297 Å². The Bertz CT molecular complexity index is 10100. The van der Waals surface area contributed by atoms with Gasteiger partial charge in [0.2, 0.25) is 0 Å². The molecule has 6 nitrogen and oxygen atoms in total. The molecule has 630 valence electrons. The van der Waals surface area contributed by atoms with E-state index in [0.717, 1.165) is 0 Å². The Labute approximate surface area is 787 Å². The van der Waals surface area contributed by atoms with Crippen LogP contribution < -0.4 is 0 Å². The van der Waals surface area contributed by atoms with Crippen molar-refractivity contribution in [3.05, 3.63) is 473 Å². The standard InChI is InChI=1S/3C42H26N2S/c1-2-13-28(14-3-1)43-35-21-7-4-17-33(35)40-37(43)24-25-38-41(40)34-18-5-8-22-36(34)44(38)29-15-10-12-27(26-29)30-19-11-20-32-31-16-6-9-23-39(31)45-42(30)32;1-2-11-28(12-3-1)43-34-17-7-4-13-31(34)41-36(43)25-26-37-42(41)32-14-5-8-18-35(32)44(37)29-23-21-27(22-24-29)30-16-10-20-39-40(30)33-15-6-9-19-38(33)45-39;1-2-10-29(11-3-1)43-35-15-7-4-13-33(35)41-37(43)24-25-38-42(41)34-14-5-8-16-36(34)44(38)30-21-18-27(19-22-30)28-20-23-32-31-12-6-9-17-39(31)45-40(32)26-28/h3*1-26H. The van der Waals surface area contributed by atoms with Gasteiger partial charge in [-0.3, -0.25) is 0 Å². The molecular formula is C126H78N6S3. The molecule has 21 aromatic carbocycles. The number of aromatic nitrogens is 6. The summed E-state index contributed by atoms with van der Waals surface area (Å²) in [6, 6.07) is 173. The molecule has 30 rings (SSSR count). The number of hydrogen-bond donors (Lipinski definition) is 0. The maximum atomic E-state index is 2.45. The fourth-order valence-corrected chi connectivity index (χ4v) is 25.8. The molecule has 30 aromatic rings. The van der Waals surface area contributed by atoms with Gasteiger partial charge >= 0.3 is 0 Å². The molecule has 0 fully saturated rings. The molecule has 9 aromatic heterocycles. The summed E-state index contributed by atoms with van der Waals surface area (Å²) in [7, 11) is 0. The van der Waals surface area contributed by atoms with Gasteiger partial charge in [-0.05, 0) is 209 Å². The van der Waals surface area contributed by atoms with Gasteiger partial charge in [-0.25, -0.2) is 0 Å². The van der Waals surface area contributed by atoms with Crippen molar-refractivity contribution in [3.63, 3.8) is 0 Å². The van der Waals surface area contributed by atoms with E-state index in [-0.39, 0.29) is 0 Å². The third-order valence-electron chi connectivity index (χ3n) is 28.0. The van der Waals surface area contributed by atoms with Crippen LogP contribution in [0.15, 0.2) is 473 Å². The van der Waals surface area contributed by atoms with Crippen LogP contribution in [0.1, 0.15) is 0 Å². The van der Waals surface area contributed by atoms with E-state index in [2.05, 4.69) is 501 Å². The first-order valence-electron chi connectivity index (χ1n) is 46.1. The number of para-hydroxylation sites is 9. The number of fused-ring (bicyclic) bond motifs is 30. The Kier molecular flexibility index (Phi) is 17.6. The zero-order chi connectivity index (χ0) is 88.5. The molecule has 0 unspecified atom stereocenters. The van der Waals surface area contributed by atoms with E-state index in [0.29, 0.717) is 0 Å². The first-order valence-corrected chi connectivity index (χ1v) is 48.5. The fourth-order valence-electron chi connectivity index (χ4n) is 22.3. The molecule has 0 saturated heterocycles. The minimum atomic E-state index is 1.17. The summed E-state index contributed by atoms with van der Waals surface area (Å²) >= 11 is 5.63. The van der Waals surface area contributed by atoms with E-state index in [1.807, 2.05) is 34.0 Å². The van der Waals surface area contributed by atoms with E-state index in [9.17, 15) is 0 Å². The average Bonchev–Trinajstić information content (AvgIpc) is 1.55. The van der Waals surface area contributed by atoms with E-state index >= 15 is 0 Å². The molecule has 135 heavy (non-hydrogen) atoms. The van der Waals surface area contributed by atoms with E-state index < -0.39 is 0 Å². The van der Waals surface area contributed by atoms with Crippen molar-refractivity contribution in [1.29, 1.82) is 0 Å². The Balaban J connectivity index is 0.000000101. The molecule has 0 saturated carbocycles. The van der Waals surface area contributed by atoms with Gasteiger partial charge in [-0.15, -0.1) is 34.0 Å². The highest BCUT2D eigenvalue weighted by molar-refractivity contribution is 7.27. The van der Waals surface area contributed by atoms with E-state index in [1.54, 1.807) is 0 Å². The third-order valence-corrected chi connectivity index (χ3v) is 31.4. The summed E-state index contributed by atoms with van der Waals surface area (Å²) in [5.74, 6) is 0. The quantitative estimate of drug-likeness (QED) is 0.138. The van der Waals surface area contributed by atoms with Crippen LogP contribution >= 0.6 is 34.0 Å². The topological polar surface area (TPSA) is 29.6 Å². The van der Waals surface area contributed by atoms with Gasteiger partial charge in [0, 0.05) is 159 Å². The van der Waals surface area contributed by atoms with Crippen LogP contribution in [0.5, 0.6) is 0 Å². The van der Waals surface area contributed by atoms with E-state index in [4.69, 9.17) is 0 Å². The molecule has 0 N–H and O–H groups in total. The summed E-state index contributed by atoms with van der Waals surface area (Å²) < 4.78 is 22.5. The third kappa shape index (κ3) is 12.0. The largest absolute Gasteiger partial charge is 0.309 e. The number of rotatable bonds is 9. The molecule has 0 aliphatic heterocycles. The second-order valence-electron chi connectivity index (χ2n) is 35.2. The molecule has 0 aliphatic rings.